The highest BCUT2D eigenvalue weighted by Crippen LogP contribution is 2.25. The van der Waals surface area contributed by atoms with E-state index in [0.29, 0.717) is 11.8 Å². The van der Waals surface area contributed by atoms with Gasteiger partial charge < -0.3 is 4.42 Å². The molecule has 7 heterocycles. The summed E-state index contributed by atoms with van der Waals surface area (Å²) in [6.07, 6.45) is 12.9. The van der Waals surface area contributed by atoms with Gasteiger partial charge in [-0.3, -0.25) is 15.0 Å². The van der Waals surface area contributed by atoms with E-state index in [1.54, 1.807) is 12.4 Å². The first kappa shape index (κ1) is 115. The Morgan fingerprint density at radius 3 is 0.923 bits per heavy atom. The average Bonchev–Trinajstić information content (AvgIpc) is 1.16. The predicted molar refractivity (Wildman–Crippen MR) is 515 cm³/mol. The molecule has 9 aromatic carbocycles. The quantitative estimate of drug-likeness (QED) is 0.142. The number of aryl methyl sites for hydroxylation is 4. The third-order valence-electron chi connectivity index (χ3n) is 13.4. The van der Waals surface area contributed by atoms with Gasteiger partial charge in [-0.1, -0.05) is 368 Å². The van der Waals surface area contributed by atoms with Gasteiger partial charge in [-0.15, -0.1) is 10.2 Å². The summed E-state index contributed by atoms with van der Waals surface area (Å²) in [4.78, 5) is 21.4. The van der Waals surface area contributed by atoms with Crippen LogP contribution < -0.4 is 0 Å². The Balaban J connectivity index is -0.000000397. The van der Waals surface area contributed by atoms with E-state index in [0.717, 1.165) is 109 Å². The van der Waals surface area contributed by atoms with Crippen molar-refractivity contribution >= 4 is 88.8 Å². The topological polar surface area (TPSA) is 207 Å². The summed E-state index contributed by atoms with van der Waals surface area (Å²) in [6, 6.07) is 71.6. The standard InChI is InChI=1S/C16H14N2O.C12H8N2.C9H7N.2C8H8N2O.C8H8N2S.C8H6N2.3C3H8.11C2H6/c1-2-12-8-10-14(11-9-12)16-18-17-15(19-16)13-6-4-3-5-7-13;1-2-6-10-9(5-1)13-11-7-3-4-8-12(11)14-10;1-2-6-9-8(4-1)5-3-7-10-9;3*1-2-6-4-3-5-7-8(6)10-11-9-7;1-2-4-8-7(3-1)9-5-6-10-8;3*1-3-2;11*1-2/h3-11H,2H2,1H3;1-8H;1-7H;3*3-5H,2H2,1H3;1-6H;3*3H2,1-2H3;11*1-2H3. The Kier molecular flexibility index (Phi) is 80.0. The van der Waals surface area contributed by atoms with Crippen LogP contribution in [0.1, 0.15) is 263 Å². The molecule has 0 saturated carbocycles. The first-order valence-electron chi connectivity index (χ1n) is 43.4. The van der Waals surface area contributed by atoms with Crippen molar-refractivity contribution in [2.24, 2.45) is 0 Å². The molecule has 0 spiro atoms. The lowest BCUT2D eigenvalue weighted by molar-refractivity contribution is 0.315. The van der Waals surface area contributed by atoms with Crippen LogP contribution in [-0.2, 0) is 25.7 Å². The maximum atomic E-state index is 5.71. The smallest absolute Gasteiger partial charge is 0.248 e. The Hall–Kier alpha value is -10.9. The fourth-order valence-corrected chi connectivity index (χ4v) is 9.42. The maximum absolute atomic E-state index is 5.71. The van der Waals surface area contributed by atoms with Gasteiger partial charge in [0, 0.05) is 35.1 Å². The molecule has 7 aromatic heterocycles. The van der Waals surface area contributed by atoms with Gasteiger partial charge in [0.15, 0.2) is 0 Å². The van der Waals surface area contributed by atoms with Crippen LogP contribution in [0.4, 0.5) is 0 Å². The molecule has 0 aliphatic rings. The number of aromatic nitrogens is 13. The van der Waals surface area contributed by atoms with Gasteiger partial charge in [-0.05, 0) is 160 Å². The summed E-state index contributed by atoms with van der Waals surface area (Å²) in [7, 11) is 0. The molecular formula is C100H149N13O3S. The Labute approximate surface area is 711 Å². The number of rotatable bonds is 6. The van der Waals surface area contributed by atoms with Gasteiger partial charge in [0.2, 0.25) is 11.8 Å². The molecule has 16 aromatic rings. The van der Waals surface area contributed by atoms with Crippen molar-refractivity contribution in [3.63, 3.8) is 0 Å². The van der Waals surface area contributed by atoms with Crippen molar-refractivity contribution in [2.75, 3.05) is 0 Å². The van der Waals surface area contributed by atoms with Crippen molar-refractivity contribution in [2.45, 2.75) is 267 Å². The number of hydrogen-bond acceptors (Lipinski definition) is 17. The van der Waals surface area contributed by atoms with Crippen molar-refractivity contribution in [1.29, 1.82) is 0 Å². The van der Waals surface area contributed by atoms with E-state index in [-0.39, 0.29) is 0 Å². The van der Waals surface area contributed by atoms with E-state index in [1.165, 1.54) is 58.6 Å². The summed E-state index contributed by atoms with van der Waals surface area (Å²) >= 11 is 1.28. The molecule has 17 heteroatoms. The minimum atomic E-state index is 0.551. The second-order valence-corrected chi connectivity index (χ2v) is 21.6. The molecule has 0 saturated heterocycles. The molecule has 0 amide bonds. The third-order valence-corrected chi connectivity index (χ3v) is 14.0. The minimum Gasteiger partial charge on any atom is -0.416 e. The maximum Gasteiger partial charge on any atom is 0.248 e. The van der Waals surface area contributed by atoms with E-state index in [1.807, 2.05) is 347 Å². The van der Waals surface area contributed by atoms with Crippen LogP contribution in [-0.4, -0.2) is 64.5 Å². The summed E-state index contributed by atoms with van der Waals surface area (Å²) in [5.41, 5.74) is 19.1. The zero-order valence-corrected chi connectivity index (χ0v) is 78.7. The first-order valence-corrected chi connectivity index (χ1v) is 44.1. The molecule has 0 aliphatic heterocycles. The lowest BCUT2D eigenvalue weighted by atomic mass is 10.1. The molecule has 0 aliphatic carbocycles. The SMILES string of the molecule is CC.CC.CC.CC.CC.CC.CC.CC.CC.CC.CC.CCC.CCC.CCC.CCc1ccc(-c2nnc(-c3ccccc3)o2)cc1.CCc1cccc2nonc12.CCc1cccc2nonc12.CCc1cccc2nsnc12.c1ccc2nc3ccccc3nc2c1.c1ccc2ncccc2c1.c1ccc2nccnc2c1. The predicted octanol–water partition coefficient (Wildman–Crippen LogP) is 32.0. The molecule has 0 N–H and O–H groups in total. The highest BCUT2D eigenvalue weighted by molar-refractivity contribution is 7.00. The number of fused-ring (bicyclic) bond motifs is 7. The van der Waals surface area contributed by atoms with Gasteiger partial charge in [0.1, 0.15) is 33.1 Å². The normalized spacial score (nSPS) is 8.75. The van der Waals surface area contributed by atoms with E-state index in [9.17, 15) is 0 Å². The van der Waals surface area contributed by atoms with Crippen LogP contribution in [0.5, 0.6) is 0 Å². The lowest BCUT2D eigenvalue weighted by Gasteiger charge is -1.98. The minimum absolute atomic E-state index is 0.551. The van der Waals surface area contributed by atoms with E-state index in [2.05, 4.69) is 173 Å². The van der Waals surface area contributed by atoms with Crippen molar-refractivity contribution in [3.8, 4) is 22.9 Å². The average molecular weight is 1610 g/mol. The van der Waals surface area contributed by atoms with Crippen molar-refractivity contribution in [3.05, 3.63) is 259 Å². The van der Waals surface area contributed by atoms with Crippen LogP contribution in [0, 0.1) is 0 Å². The van der Waals surface area contributed by atoms with Crippen LogP contribution >= 0.6 is 11.7 Å². The lowest BCUT2D eigenvalue weighted by Crippen LogP contribution is -1.85. The summed E-state index contributed by atoms with van der Waals surface area (Å²) in [6.45, 7) is 65.2. The molecule has 16 nitrogen and oxygen atoms in total. The zero-order chi connectivity index (χ0) is 89.2. The number of para-hydroxylation sites is 7. The fraction of sp³-hybridized carbons (Fsp3) is 0.390. The zero-order valence-electron chi connectivity index (χ0n) is 77.9. The molecule has 638 valence electrons. The van der Waals surface area contributed by atoms with E-state index in [4.69, 9.17) is 4.42 Å². The van der Waals surface area contributed by atoms with Gasteiger partial charge in [-0.2, -0.15) is 8.75 Å². The van der Waals surface area contributed by atoms with Crippen molar-refractivity contribution in [1.82, 2.24) is 64.5 Å². The van der Waals surface area contributed by atoms with Crippen LogP contribution in [0.2, 0.25) is 0 Å². The molecule has 0 fully saturated rings. The van der Waals surface area contributed by atoms with Gasteiger partial charge in [0.25, 0.3) is 0 Å². The summed E-state index contributed by atoms with van der Waals surface area (Å²) in [5.74, 6) is 1.11. The third kappa shape index (κ3) is 44.7. The number of pyridine rings is 1. The molecule has 0 unspecified atom stereocenters. The Bertz CT molecular complexity index is 4280. The van der Waals surface area contributed by atoms with Gasteiger partial charge in [-0.25, -0.2) is 19.2 Å². The monoisotopic (exact) mass is 1610 g/mol. The highest BCUT2D eigenvalue weighted by atomic mass is 32.1. The van der Waals surface area contributed by atoms with E-state index >= 15 is 0 Å². The Morgan fingerprint density at radius 1 is 0.248 bits per heavy atom. The first-order chi connectivity index (χ1) is 57.7. The Morgan fingerprint density at radius 2 is 0.556 bits per heavy atom. The van der Waals surface area contributed by atoms with Gasteiger partial charge in [0.05, 0.1) is 50.3 Å². The molecule has 0 radical (unpaired) electrons. The van der Waals surface area contributed by atoms with Crippen LogP contribution in [0.15, 0.2) is 251 Å². The molecular weight excluding hydrogens is 1460 g/mol. The number of nitrogens with zero attached hydrogens (tertiary/aromatic N) is 13. The van der Waals surface area contributed by atoms with Crippen LogP contribution in [0.25, 0.3) is 100 Å². The number of benzene rings is 9. The van der Waals surface area contributed by atoms with Gasteiger partial charge >= 0.3 is 0 Å². The second kappa shape index (κ2) is 81.6. The van der Waals surface area contributed by atoms with E-state index < -0.39 is 0 Å². The molecule has 0 atom stereocenters. The fourth-order valence-electron chi connectivity index (χ4n) is 8.85. The van der Waals surface area contributed by atoms with Crippen LogP contribution in [0.3, 0.4) is 0 Å². The van der Waals surface area contributed by atoms with Crippen molar-refractivity contribution < 1.29 is 13.7 Å². The molecule has 117 heavy (non-hydrogen) atoms. The summed E-state index contributed by atoms with van der Waals surface area (Å²) in [5, 5.41) is 24.5. The highest BCUT2D eigenvalue weighted by Gasteiger charge is 2.10. The number of hydrogen-bond donors (Lipinski definition) is 0. The molecule has 0 bridgehead atoms. The largest absolute Gasteiger partial charge is 0.416 e. The summed E-state index contributed by atoms with van der Waals surface area (Å²) < 4.78 is 23.3. The second-order valence-electron chi connectivity index (χ2n) is 21.1. The molecule has 16 rings (SSSR count).